The Morgan fingerprint density at radius 1 is 1.37 bits per heavy atom. The van der Waals surface area contributed by atoms with E-state index in [0.29, 0.717) is 18.4 Å². The Hall–Kier alpha value is -1.06. The molecule has 1 aliphatic rings. The summed E-state index contributed by atoms with van der Waals surface area (Å²) in [5.74, 6) is 1.46. The van der Waals surface area contributed by atoms with Gasteiger partial charge in [0, 0.05) is 25.2 Å². The molecule has 0 aliphatic carbocycles. The molecule has 1 amide bonds. The van der Waals surface area contributed by atoms with Crippen LogP contribution in [0.3, 0.4) is 0 Å². The molecule has 1 aliphatic heterocycles. The summed E-state index contributed by atoms with van der Waals surface area (Å²) in [5.41, 5.74) is 7.39. The Morgan fingerprint density at radius 2 is 2.00 bits per heavy atom. The van der Waals surface area contributed by atoms with Crippen LogP contribution in [-0.4, -0.2) is 23.9 Å². The maximum Gasteiger partial charge on any atom is 0.253 e. The molecule has 2 rings (SSSR count). The van der Waals surface area contributed by atoms with Crippen molar-refractivity contribution in [1.29, 1.82) is 0 Å². The highest BCUT2D eigenvalue weighted by atomic mass is 35.5. The first-order chi connectivity index (χ1) is 8.61. The van der Waals surface area contributed by atoms with Gasteiger partial charge in [-0.15, -0.1) is 12.4 Å². The number of nitrogens with two attached hydrogens (primary N) is 1. The maximum atomic E-state index is 12.3. The van der Waals surface area contributed by atoms with Gasteiger partial charge in [0.05, 0.1) is 0 Å². The average molecular weight is 283 g/mol. The predicted molar refractivity (Wildman–Crippen MR) is 80.4 cm³/mol. The van der Waals surface area contributed by atoms with Crippen molar-refractivity contribution in [3.8, 4) is 0 Å². The van der Waals surface area contributed by atoms with Gasteiger partial charge in [-0.1, -0.05) is 26.0 Å². The van der Waals surface area contributed by atoms with Crippen LogP contribution in [0.1, 0.15) is 36.2 Å². The highest BCUT2D eigenvalue weighted by Crippen LogP contribution is 2.24. The van der Waals surface area contributed by atoms with Crippen molar-refractivity contribution in [3.05, 3.63) is 35.4 Å². The summed E-state index contributed by atoms with van der Waals surface area (Å²) in [6.07, 6.45) is 1.13. The lowest BCUT2D eigenvalue weighted by Crippen LogP contribution is -2.29. The molecule has 106 valence electrons. The first-order valence-corrected chi connectivity index (χ1v) is 6.70. The Bertz CT molecular complexity index is 417. The predicted octanol–water partition coefficient (Wildman–Crippen LogP) is 2.69. The largest absolute Gasteiger partial charge is 0.338 e. The summed E-state index contributed by atoms with van der Waals surface area (Å²) >= 11 is 0. The highest BCUT2D eigenvalue weighted by molar-refractivity contribution is 5.94. The van der Waals surface area contributed by atoms with Gasteiger partial charge >= 0.3 is 0 Å². The first-order valence-electron chi connectivity index (χ1n) is 6.70. The van der Waals surface area contributed by atoms with Gasteiger partial charge in [0.15, 0.2) is 0 Å². The average Bonchev–Trinajstić information content (AvgIpc) is 2.88. The summed E-state index contributed by atoms with van der Waals surface area (Å²) in [6.45, 7) is 6.77. The van der Waals surface area contributed by atoms with Crippen molar-refractivity contribution in [2.45, 2.75) is 26.8 Å². The van der Waals surface area contributed by atoms with Crippen LogP contribution < -0.4 is 5.73 Å². The number of nitrogens with zero attached hydrogens (tertiary/aromatic N) is 1. The number of carbonyl (C=O) groups excluding carboxylic acids is 1. The molecule has 1 heterocycles. The van der Waals surface area contributed by atoms with Gasteiger partial charge < -0.3 is 10.6 Å². The third-order valence-corrected chi connectivity index (χ3v) is 3.89. The van der Waals surface area contributed by atoms with E-state index in [-0.39, 0.29) is 18.3 Å². The number of likely N-dealkylation sites (tertiary alicyclic amines) is 1. The Labute approximate surface area is 121 Å². The number of benzene rings is 1. The Morgan fingerprint density at radius 3 is 2.47 bits per heavy atom. The Kier molecular flexibility index (Phi) is 5.83. The fraction of sp³-hybridized carbons (Fsp3) is 0.533. The van der Waals surface area contributed by atoms with Gasteiger partial charge in [0.2, 0.25) is 0 Å². The summed E-state index contributed by atoms with van der Waals surface area (Å²) in [5, 5.41) is 0. The summed E-state index contributed by atoms with van der Waals surface area (Å²) < 4.78 is 0. The van der Waals surface area contributed by atoms with Crippen LogP contribution >= 0.6 is 12.4 Å². The summed E-state index contributed by atoms with van der Waals surface area (Å²) in [6, 6.07) is 7.63. The molecule has 0 spiro atoms. The van der Waals surface area contributed by atoms with Crippen molar-refractivity contribution >= 4 is 18.3 Å². The molecule has 1 fully saturated rings. The molecular weight excluding hydrogens is 260 g/mol. The lowest BCUT2D eigenvalue weighted by Gasteiger charge is -2.18. The molecule has 4 heteroatoms. The molecule has 1 aromatic rings. The van der Waals surface area contributed by atoms with Crippen LogP contribution in [0, 0.1) is 11.8 Å². The van der Waals surface area contributed by atoms with Crippen molar-refractivity contribution in [2.24, 2.45) is 17.6 Å². The lowest BCUT2D eigenvalue weighted by molar-refractivity contribution is 0.0784. The van der Waals surface area contributed by atoms with E-state index < -0.39 is 0 Å². The quantitative estimate of drug-likeness (QED) is 0.926. The fourth-order valence-electron chi connectivity index (χ4n) is 2.48. The van der Waals surface area contributed by atoms with E-state index in [1.54, 1.807) is 0 Å². The zero-order valence-corrected chi connectivity index (χ0v) is 12.5. The minimum Gasteiger partial charge on any atom is -0.338 e. The number of amides is 1. The van der Waals surface area contributed by atoms with Crippen LogP contribution in [-0.2, 0) is 6.54 Å². The highest BCUT2D eigenvalue weighted by Gasteiger charge is 2.28. The van der Waals surface area contributed by atoms with E-state index in [9.17, 15) is 4.79 Å². The third-order valence-electron chi connectivity index (χ3n) is 3.89. The van der Waals surface area contributed by atoms with Crippen molar-refractivity contribution in [1.82, 2.24) is 4.90 Å². The zero-order valence-electron chi connectivity index (χ0n) is 11.6. The van der Waals surface area contributed by atoms with E-state index in [2.05, 4.69) is 13.8 Å². The molecule has 0 aromatic heterocycles. The van der Waals surface area contributed by atoms with Gasteiger partial charge in [-0.05, 0) is 36.0 Å². The van der Waals surface area contributed by atoms with Gasteiger partial charge in [-0.3, -0.25) is 4.79 Å². The third kappa shape index (κ3) is 3.71. The van der Waals surface area contributed by atoms with Gasteiger partial charge in [-0.2, -0.15) is 0 Å². The van der Waals surface area contributed by atoms with E-state index >= 15 is 0 Å². The number of carbonyl (C=O) groups is 1. The van der Waals surface area contributed by atoms with Crippen LogP contribution in [0.15, 0.2) is 24.3 Å². The van der Waals surface area contributed by atoms with Crippen LogP contribution in [0.25, 0.3) is 0 Å². The van der Waals surface area contributed by atoms with Crippen LogP contribution in [0.4, 0.5) is 0 Å². The fourth-order valence-corrected chi connectivity index (χ4v) is 2.48. The summed E-state index contributed by atoms with van der Waals surface area (Å²) in [7, 11) is 0. The molecule has 1 aromatic carbocycles. The normalized spacial score (nSPS) is 18.5. The Balaban J connectivity index is 0.00000180. The van der Waals surface area contributed by atoms with Gasteiger partial charge in [-0.25, -0.2) is 0 Å². The zero-order chi connectivity index (χ0) is 13.1. The summed E-state index contributed by atoms with van der Waals surface area (Å²) in [4.78, 5) is 14.3. The van der Waals surface area contributed by atoms with Crippen molar-refractivity contribution in [3.63, 3.8) is 0 Å². The van der Waals surface area contributed by atoms with Crippen molar-refractivity contribution in [2.75, 3.05) is 13.1 Å². The molecule has 1 unspecified atom stereocenters. The molecule has 0 bridgehead atoms. The van der Waals surface area contributed by atoms with Crippen molar-refractivity contribution < 1.29 is 4.79 Å². The smallest absolute Gasteiger partial charge is 0.253 e. The second-order valence-electron chi connectivity index (χ2n) is 5.44. The monoisotopic (exact) mass is 282 g/mol. The molecule has 2 N–H and O–H groups in total. The number of halogens is 1. The van der Waals surface area contributed by atoms with E-state index in [4.69, 9.17) is 5.73 Å². The molecular formula is C15H23ClN2O. The molecule has 3 nitrogen and oxygen atoms in total. The minimum absolute atomic E-state index is 0. The number of hydrogen-bond donors (Lipinski definition) is 1. The second-order valence-corrected chi connectivity index (χ2v) is 5.44. The van der Waals surface area contributed by atoms with Gasteiger partial charge in [0.1, 0.15) is 0 Å². The second kappa shape index (κ2) is 6.92. The molecule has 1 atom stereocenters. The SMILES string of the molecule is CC(C)C1CCN(C(=O)c2ccc(CN)cc2)C1.Cl. The number of hydrogen-bond acceptors (Lipinski definition) is 2. The maximum absolute atomic E-state index is 12.3. The topological polar surface area (TPSA) is 46.3 Å². The minimum atomic E-state index is 0. The molecule has 19 heavy (non-hydrogen) atoms. The van der Waals surface area contributed by atoms with E-state index in [1.165, 1.54) is 0 Å². The van der Waals surface area contributed by atoms with E-state index in [1.807, 2.05) is 29.2 Å². The molecule has 0 saturated carbocycles. The molecule has 1 saturated heterocycles. The van der Waals surface area contributed by atoms with Crippen LogP contribution in [0.5, 0.6) is 0 Å². The van der Waals surface area contributed by atoms with Crippen LogP contribution in [0.2, 0.25) is 0 Å². The standard InChI is InChI=1S/C15H22N2O.ClH/c1-11(2)14-7-8-17(10-14)15(18)13-5-3-12(9-16)4-6-13;/h3-6,11,14H,7-10,16H2,1-2H3;1H. The first kappa shape index (κ1) is 16.0. The lowest BCUT2D eigenvalue weighted by atomic mass is 9.95. The number of rotatable bonds is 3. The van der Waals surface area contributed by atoms with E-state index in [0.717, 1.165) is 30.6 Å². The van der Waals surface area contributed by atoms with Gasteiger partial charge in [0.25, 0.3) is 5.91 Å². The molecule has 0 radical (unpaired) electrons.